The summed E-state index contributed by atoms with van der Waals surface area (Å²) in [5.74, 6) is -1.29. The largest absolute Gasteiger partial charge is 0.462 e. The molecule has 130 valence electrons. The molecule has 3 heteroatoms. The van der Waals surface area contributed by atoms with Gasteiger partial charge in [-0.15, -0.1) is 0 Å². The maximum atomic E-state index is 12.8. The predicted molar refractivity (Wildman–Crippen MR) is 97.3 cm³/mol. The van der Waals surface area contributed by atoms with Crippen molar-refractivity contribution in [2.75, 3.05) is 0 Å². The lowest BCUT2D eigenvalue weighted by Gasteiger charge is -2.25. The highest BCUT2D eigenvalue weighted by Crippen LogP contribution is 2.48. The van der Waals surface area contributed by atoms with Crippen LogP contribution in [-0.4, -0.2) is 17.9 Å². The third-order valence-corrected chi connectivity index (χ3v) is 5.12. The van der Waals surface area contributed by atoms with Gasteiger partial charge in [-0.2, -0.15) is 0 Å². The molecule has 0 aliphatic heterocycles. The SMILES string of the molecule is CC[C@H](C)OC(=O)[C@H]1C(=O)C[C@@H](c2ccccc2)[C@H]1c1ccccc1. The van der Waals surface area contributed by atoms with E-state index in [9.17, 15) is 9.59 Å². The fourth-order valence-corrected chi connectivity index (χ4v) is 3.66. The minimum atomic E-state index is -0.721. The van der Waals surface area contributed by atoms with Crippen LogP contribution in [0.3, 0.4) is 0 Å². The van der Waals surface area contributed by atoms with Gasteiger partial charge in [0.05, 0.1) is 6.10 Å². The van der Waals surface area contributed by atoms with E-state index in [1.54, 1.807) is 0 Å². The van der Waals surface area contributed by atoms with Crippen molar-refractivity contribution < 1.29 is 14.3 Å². The normalized spacial score (nSPS) is 24.1. The van der Waals surface area contributed by atoms with E-state index in [2.05, 4.69) is 0 Å². The molecule has 0 N–H and O–H groups in total. The van der Waals surface area contributed by atoms with E-state index in [0.29, 0.717) is 6.42 Å². The Morgan fingerprint density at radius 3 is 2.16 bits per heavy atom. The highest BCUT2D eigenvalue weighted by atomic mass is 16.5. The summed E-state index contributed by atoms with van der Waals surface area (Å²) in [6.45, 7) is 3.83. The molecular formula is C22H24O3. The first-order chi connectivity index (χ1) is 12.1. The van der Waals surface area contributed by atoms with Gasteiger partial charge in [0.2, 0.25) is 0 Å². The van der Waals surface area contributed by atoms with Crippen LogP contribution in [0.2, 0.25) is 0 Å². The number of ether oxygens (including phenoxy) is 1. The van der Waals surface area contributed by atoms with Crippen LogP contribution in [0.15, 0.2) is 60.7 Å². The highest BCUT2D eigenvalue weighted by Gasteiger charge is 2.48. The number of benzene rings is 2. The molecule has 3 nitrogen and oxygen atoms in total. The molecule has 1 saturated carbocycles. The Morgan fingerprint density at radius 1 is 1.04 bits per heavy atom. The van der Waals surface area contributed by atoms with E-state index >= 15 is 0 Å². The van der Waals surface area contributed by atoms with E-state index in [4.69, 9.17) is 4.74 Å². The van der Waals surface area contributed by atoms with E-state index < -0.39 is 5.92 Å². The lowest BCUT2D eigenvalue weighted by Crippen LogP contribution is -2.29. The number of Topliss-reactive ketones (excluding diaryl/α,β-unsaturated/α-hetero) is 1. The number of rotatable bonds is 5. The molecular weight excluding hydrogens is 312 g/mol. The van der Waals surface area contributed by atoms with Crippen molar-refractivity contribution in [3.05, 3.63) is 71.8 Å². The van der Waals surface area contributed by atoms with Crippen LogP contribution in [0, 0.1) is 5.92 Å². The van der Waals surface area contributed by atoms with Gasteiger partial charge in [0.25, 0.3) is 0 Å². The minimum absolute atomic E-state index is 0.00517. The summed E-state index contributed by atoms with van der Waals surface area (Å²) in [6, 6.07) is 19.9. The second-order valence-electron chi connectivity index (χ2n) is 6.76. The maximum Gasteiger partial charge on any atom is 0.317 e. The molecule has 0 amide bonds. The number of hydrogen-bond acceptors (Lipinski definition) is 3. The summed E-state index contributed by atoms with van der Waals surface area (Å²) >= 11 is 0. The third-order valence-electron chi connectivity index (χ3n) is 5.12. The van der Waals surface area contributed by atoms with E-state index in [1.165, 1.54) is 0 Å². The van der Waals surface area contributed by atoms with Crippen LogP contribution in [0.5, 0.6) is 0 Å². The zero-order chi connectivity index (χ0) is 17.8. The Morgan fingerprint density at radius 2 is 1.60 bits per heavy atom. The molecule has 0 heterocycles. The van der Waals surface area contributed by atoms with Gasteiger partial charge in [0.15, 0.2) is 0 Å². The van der Waals surface area contributed by atoms with E-state index in [0.717, 1.165) is 17.5 Å². The van der Waals surface area contributed by atoms with Gasteiger partial charge >= 0.3 is 5.97 Å². The van der Waals surface area contributed by atoms with Gasteiger partial charge in [-0.05, 0) is 30.4 Å². The Labute approximate surface area is 149 Å². The monoisotopic (exact) mass is 336 g/mol. The van der Waals surface area contributed by atoms with Crippen LogP contribution in [0.4, 0.5) is 0 Å². The number of carbonyl (C=O) groups excluding carboxylic acids is 2. The fourth-order valence-electron chi connectivity index (χ4n) is 3.66. The zero-order valence-corrected chi connectivity index (χ0v) is 14.7. The molecule has 0 unspecified atom stereocenters. The highest BCUT2D eigenvalue weighted by molar-refractivity contribution is 6.02. The molecule has 2 aromatic rings. The summed E-state index contributed by atoms with van der Waals surface area (Å²) < 4.78 is 5.53. The Kier molecular flexibility index (Phi) is 5.32. The maximum absolute atomic E-state index is 12.8. The number of esters is 1. The summed E-state index contributed by atoms with van der Waals surface area (Å²) in [5.41, 5.74) is 2.12. The van der Waals surface area contributed by atoms with Gasteiger partial charge < -0.3 is 4.74 Å². The number of hydrogen-bond donors (Lipinski definition) is 0. The average Bonchev–Trinajstić information content (AvgIpc) is 3.00. The first-order valence-corrected chi connectivity index (χ1v) is 8.95. The van der Waals surface area contributed by atoms with Crippen molar-refractivity contribution in [2.24, 2.45) is 5.92 Å². The van der Waals surface area contributed by atoms with Crippen LogP contribution in [0.25, 0.3) is 0 Å². The molecule has 0 saturated heterocycles. The van der Waals surface area contributed by atoms with Crippen molar-refractivity contribution in [1.82, 2.24) is 0 Å². The molecule has 3 rings (SSSR count). The number of carbonyl (C=O) groups is 2. The van der Waals surface area contributed by atoms with Gasteiger partial charge in [-0.1, -0.05) is 67.6 Å². The summed E-state index contributed by atoms with van der Waals surface area (Å²) in [7, 11) is 0. The summed E-state index contributed by atoms with van der Waals surface area (Å²) in [4.78, 5) is 25.5. The molecule has 0 spiro atoms. The van der Waals surface area contributed by atoms with Crippen LogP contribution in [-0.2, 0) is 14.3 Å². The molecule has 0 bridgehead atoms. The van der Waals surface area contributed by atoms with Crippen LogP contribution in [0.1, 0.15) is 49.7 Å². The second kappa shape index (κ2) is 7.64. The van der Waals surface area contributed by atoms with Crippen molar-refractivity contribution in [3.63, 3.8) is 0 Å². The fraction of sp³-hybridized carbons (Fsp3) is 0.364. The molecule has 2 aromatic carbocycles. The van der Waals surface area contributed by atoms with Crippen LogP contribution >= 0.6 is 0 Å². The lowest BCUT2D eigenvalue weighted by atomic mass is 9.80. The summed E-state index contributed by atoms with van der Waals surface area (Å²) in [5, 5.41) is 0. The van der Waals surface area contributed by atoms with E-state index in [1.807, 2.05) is 74.5 Å². The number of ketones is 1. The molecule has 1 aliphatic rings. The topological polar surface area (TPSA) is 43.4 Å². The summed E-state index contributed by atoms with van der Waals surface area (Å²) in [6.07, 6.45) is 0.946. The Hall–Kier alpha value is -2.42. The van der Waals surface area contributed by atoms with Crippen LogP contribution < -0.4 is 0 Å². The van der Waals surface area contributed by atoms with Crippen molar-refractivity contribution in [1.29, 1.82) is 0 Å². The Balaban J connectivity index is 1.98. The molecule has 1 fully saturated rings. The van der Waals surface area contributed by atoms with Gasteiger partial charge in [-0.25, -0.2) is 0 Å². The standard InChI is InChI=1S/C22H24O3/c1-3-15(2)25-22(24)21-19(23)14-18(16-10-6-4-7-11-16)20(21)17-12-8-5-9-13-17/h4-13,15,18,20-21H,3,14H2,1-2H3/t15-,18-,20+,21-/m0/s1. The predicted octanol–water partition coefficient (Wildman–Crippen LogP) is 4.48. The lowest BCUT2D eigenvalue weighted by molar-refractivity contribution is -0.155. The quantitative estimate of drug-likeness (QED) is 0.597. The molecule has 0 radical (unpaired) electrons. The first-order valence-electron chi connectivity index (χ1n) is 8.95. The Bertz CT molecular complexity index is 723. The van der Waals surface area contributed by atoms with Gasteiger partial charge in [-0.3, -0.25) is 9.59 Å². The molecule has 1 aliphatic carbocycles. The molecule has 0 aromatic heterocycles. The molecule has 4 atom stereocenters. The average molecular weight is 336 g/mol. The van der Waals surface area contributed by atoms with E-state index in [-0.39, 0.29) is 29.7 Å². The van der Waals surface area contributed by atoms with Gasteiger partial charge in [0.1, 0.15) is 11.7 Å². The third kappa shape index (κ3) is 3.65. The molecule has 25 heavy (non-hydrogen) atoms. The minimum Gasteiger partial charge on any atom is -0.462 e. The van der Waals surface area contributed by atoms with Crippen molar-refractivity contribution >= 4 is 11.8 Å². The van der Waals surface area contributed by atoms with Crippen molar-refractivity contribution in [3.8, 4) is 0 Å². The van der Waals surface area contributed by atoms with Gasteiger partial charge in [0, 0.05) is 12.3 Å². The smallest absolute Gasteiger partial charge is 0.317 e. The van der Waals surface area contributed by atoms with Crippen molar-refractivity contribution in [2.45, 2.75) is 44.6 Å². The first kappa shape index (κ1) is 17.4. The second-order valence-corrected chi connectivity index (χ2v) is 6.76. The zero-order valence-electron chi connectivity index (χ0n) is 14.7.